The van der Waals surface area contributed by atoms with Crippen LogP contribution >= 0.6 is 23.1 Å². The molecule has 7 nitrogen and oxygen atoms in total. The zero-order valence-corrected chi connectivity index (χ0v) is 15.1. The number of aryl methyl sites for hydroxylation is 1. The first-order chi connectivity index (χ1) is 12.2. The number of fused-ring (bicyclic) bond motifs is 1. The van der Waals surface area contributed by atoms with Crippen LogP contribution in [0.5, 0.6) is 5.75 Å². The standard InChI is InChI=1S/C16H14N6OS2/c1-9-20-21-16(22(9)17)25-15-13-12(7-24-14(13)18-8-19-15)10-3-5-11(23-2)6-4-10/h3-8H,17H2,1-2H3. The first kappa shape index (κ1) is 15.9. The van der Waals surface area contributed by atoms with E-state index in [-0.39, 0.29) is 0 Å². The summed E-state index contributed by atoms with van der Waals surface area (Å²) in [6.45, 7) is 1.81. The second-order valence-corrected chi connectivity index (χ2v) is 7.05. The van der Waals surface area contributed by atoms with E-state index >= 15 is 0 Å². The lowest BCUT2D eigenvalue weighted by molar-refractivity contribution is 0.415. The van der Waals surface area contributed by atoms with E-state index < -0.39 is 0 Å². The SMILES string of the molecule is COc1ccc(-c2csc3ncnc(Sc4nnc(C)n4N)c23)cc1. The van der Waals surface area contributed by atoms with Crippen LogP contribution in [0.25, 0.3) is 21.3 Å². The van der Waals surface area contributed by atoms with Gasteiger partial charge in [-0.15, -0.1) is 21.5 Å². The number of ether oxygens (including phenoxy) is 1. The van der Waals surface area contributed by atoms with Crippen LogP contribution in [0, 0.1) is 6.92 Å². The molecule has 0 spiro atoms. The summed E-state index contributed by atoms with van der Waals surface area (Å²) in [5.41, 5.74) is 2.15. The van der Waals surface area contributed by atoms with Crippen molar-refractivity contribution >= 4 is 33.3 Å². The van der Waals surface area contributed by atoms with Gasteiger partial charge in [0.15, 0.2) is 0 Å². The van der Waals surface area contributed by atoms with E-state index in [1.54, 1.807) is 31.7 Å². The molecule has 0 fully saturated rings. The maximum absolute atomic E-state index is 5.97. The predicted octanol–water partition coefficient (Wildman–Crippen LogP) is 3.13. The van der Waals surface area contributed by atoms with Crippen molar-refractivity contribution in [1.29, 1.82) is 0 Å². The average molecular weight is 370 g/mol. The Hall–Kier alpha value is -2.65. The van der Waals surface area contributed by atoms with Crippen molar-refractivity contribution in [3.63, 3.8) is 0 Å². The van der Waals surface area contributed by atoms with Crippen molar-refractivity contribution < 1.29 is 4.74 Å². The minimum absolute atomic E-state index is 0.587. The average Bonchev–Trinajstić information content (AvgIpc) is 3.21. The number of nitrogens with two attached hydrogens (primary N) is 1. The normalized spacial score (nSPS) is 11.1. The predicted molar refractivity (Wildman–Crippen MR) is 98.4 cm³/mol. The van der Waals surface area contributed by atoms with Gasteiger partial charge < -0.3 is 10.6 Å². The Labute approximate surface area is 151 Å². The second kappa shape index (κ2) is 6.34. The van der Waals surface area contributed by atoms with Crippen LogP contribution in [0.3, 0.4) is 0 Å². The maximum atomic E-state index is 5.97. The highest BCUT2D eigenvalue weighted by Crippen LogP contribution is 2.39. The van der Waals surface area contributed by atoms with Crippen molar-refractivity contribution in [3.05, 3.63) is 41.8 Å². The monoisotopic (exact) mass is 370 g/mol. The number of nitrogen functional groups attached to an aromatic ring is 1. The summed E-state index contributed by atoms with van der Waals surface area (Å²) in [4.78, 5) is 9.75. The molecular formula is C16H14N6OS2. The van der Waals surface area contributed by atoms with Gasteiger partial charge in [-0.05, 0) is 36.4 Å². The molecule has 0 bridgehead atoms. The first-order valence-corrected chi connectivity index (χ1v) is 9.08. The Morgan fingerprint density at radius 1 is 1.16 bits per heavy atom. The van der Waals surface area contributed by atoms with Gasteiger partial charge in [-0.1, -0.05) is 12.1 Å². The molecule has 4 aromatic rings. The lowest BCUT2D eigenvalue weighted by Gasteiger charge is -2.06. The molecule has 9 heteroatoms. The Bertz CT molecular complexity index is 1040. The number of aromatic nitrogens is 5. The molecule has 1 aromatic carbocycles. The molecule has 0 saturated carbocycles. The van der Waals surface area contributed by atoms with Crippen LogP contribution in [0.1, 0.15) is 5.82 Å². The van der Waals surface area contributed by atoms with Gasteiger partial charge in [0.2, 0.25) is 5.16 Å². The van der Waals surface area contributed by atoms with Crippen LogP contribution in [0.4, 0.5) is 0 Å². The van der Waals surface area contributed by atoms with E-state index in [1.165, 1.54) is 16.4 Å². The summed E-state index contributed by atoms with van der Waals surface area (Å²) in [5.74, 6) is 7.43. The van der Waals surface area contributed by atoms with Crippen LogP contribution in [-0.2, 0) is 0 Å². The lowest BCUT2D eigenvalue weighted by atomic mass is 10.1. The van der Waals surface area contributed by atoms with Gasteiger partial charge in [0.25, 0.3) is 0 Å². The molecule has 3 heterocycles. The number of rotatable bonds is 4. The van der Waals surface area contributed by atoms with Gasteiger partial charge in [-0.2, -0.15) is 0 Å². The largest absolute Gasteiger partial charge is 0.497 e. The Morgan fingerprint density at radius 2 is 1.96 bits per heavy atom. The maximum Gasteiger partial charge on any atom is 0.216 e. The zero-order chi connectivity index (χ0) is 17.4. The minimum Gasteiger partial charge on any atom is -0.497 e. The summed E-state index contributed by atoms with van der Waals surface area (Å²) < 4.78 is 6.69. The van der Waals surface area contributed by atoms with Crippen LogP contribution in [0.15, 0.2) is 46.2 Å². The highest BCUT2D eigenvalue weighted by atomic mass is 32.2. The minimum atomic E-state index is 0.587. The molecule has 0 atom stereocenters. The van der Waals surface area contributed by atoms with Crippen molar-refractivity contribution in [3.8, 4) is 16.9 Å². The molecule has 3 aromatic heterocycles. The second-order valence-electron chi connectivity index (χ2n) is 5.24. The fourth-order valence-corrected chi connectivity index (χ4v) is 4.29. The number of thiophene rings is 1. The van der Waals surface area contributed by atoms with Gasteiger partial charge in [-0.3, -0.25) is 0 Å². The molecule has 126 valence electrons. The van der Waals surface area contributed by atoms with Crippen molar-refractivity contribution in [2.75, 3.05) is 13.0 Å². The number of methoxy groups -OCH3 is 1. The quantitative estimate of drug-likeness (QED) is 0.436. The Balaban J connectivity index is 1.82. The van der Waals surface area contributed by atoms with Crippen LogP contribution in [0.2, 0.25) is 0 Å². The fourth-order valence-electron chi connectivity index (χ4n) is 2.41. The zero-order valence-electron chi connectivity index (χ0n) is 13.5. The number of hydrogen-bond donors (Lipinski definition) is 1. The summed E-state index contributed by atoms with van der Waals surface area (Å²) in [6, 6.07) is 7.93. The third kappa shape index (κ3) is 2.81. The molecule has 0 aliphatic carbocycles. The van der Waals surface area contributed by atoms with E-state index in [1.807, 2.05) is 24.3 Å². The van der Waals surface area contributed by atoms with Crippen molar-refractivity contribution in [1.82, 2.24) is 24.8 Å². The van der Waals surface area contributed by atoms with Gasteiger partial charge in [-0.25, -0.2) is 14.6 Å². The summed E-state index contributed by atoms with van der Waals surface area (Å²) in [6.07, 6.45) is 1.56. The lowest BCUT2D eigenvalue weighted by Crippen LogP contribution is -2.11. The number of benzene rings is 1. The molecule has 0 radical (unpaired) electrons. The van der Waals surface area contributed by atoms with Crippen LogP contribution in [-0.4, -0.2) is 32.0 Å². The summed E-state index contributed by atoms with van der Waals surface area (Å²) in [5, 5.41) is 12.6. The molecule has 4 rings (SSSR count). The summed E-state index contributed by atoms with van der Waals surface area (Å²) >= 11 is 2.96. The molecular weight excluding hydrogens is 356 g/mol. The van der Waals surface area contributed by atoms with Gasteiger partial charge >= 0.3 is 0 Å². The molecule has 0 unspecified atom stereocenters. The van der Waals surface area contributed by atoms with E-state index in [9.17, 15) is 0 Å². The molecule has 0 saturated heterocycles. The highest BCUT2D eigenvalue weighted by molar-refractivity contribution is 7.99. The molecule has 0 amide bonds. The Morgan fingerprint density at radius 3 is 2.64 bits per heavy atom. The fraction of sp³-hybridized carbons (Fsp3) is 0.125. The topological polar surface area (TPSA) is 91.7 Å². The third-order valence-electron chi connectivity index (χ3n) is 3.76. The van der Waals surface area contributed by atoms with E-state index in [2.05, 4.69) is 25.5 Å². The molecule has 0 aliphatic heterocycles. The molecule has 0 aliphatic rings. The number of hydrogen-bond acceptors (Lipinski definition) is 8. The van der Waals surface area contributed by atoms with Gasteiger partial charge in [0.1, 0.15) is 27.8 Å². The highest BCUT2D eigenvalue weighted by Gasteiger charge is 2.17. The molecule has 2 N–H and O–H groups in total. The van der Waals surface area contributed by atoms with E-state index in [0.717, 1.165) is 32.1 Å². The Kier molecular flexibility index (Phi) is 4.02. The van der Waals surface area contributed by atoms with E-state index in [0.29, 0.717) is 11.0 Å². The summed E-state index contributed by atoms with van der Waals surface area (Å²) in [7, 11) is 1.66. The first-order valence-electron chi connectivity index (χ1n) is 7.39. The van der Waals surface area contributed by atoms with E-state index in [4.69, 9.17) is 10.6 Å². The van der Waals surface area contributed by atoms with Gasteiger partial charge in [0.05, 0.1) is 12.5 Å². The van der Waals surface area contributed by atoms with Gasteiger partial charge in [0, 0.05) is 10.9 Å². The van der Waals surface area contributed by atoms with Crippen molar-refractivity contribution in [2.45, 2.75) is 17.1 Å². The van der Waals surface area contributed by atoms with Crippen LogP contribution < -0.4 is 10.6 Å². The third-order valence-corrected chi connectivity index (χ3v) is 5.61. The number of nitrogens with zero attached hydrogens (tertiary/aromatic N) is 5. The van der Waals surface area contributed by atoms with Crippen molar-refractivity contribution in [2.24, 2.45) is 0 Å². The molecule has 25 heavy (non-hydrogen) atoms. The smallest absolute Gasteiger partial charge is 0.216 e.